The number of amides is 1. The first-order valence-electron chi connectivity index (χ1n) is 6.91. The van der Waals surface area contributed by atoms with Gasteiger partial charge < -0.3 is 14.6 Å². The number of carbonyl (C=O) groups excluding carboxylic acids is 1. The van der Waals surface area contributed by atoms with Gasteiger partial charge in [0.05, 0.1) is 0 Å². The molecule has 0 radical (unpaired) electrons. The Morgan fingerprint density at radius 1 is 1.30 bits per heavy atom. The number of rotatable bonds is 2. The van der Waals surface area contributed by atoms with Gasteiger partial charge in [-0.15, -0.1) is 12.4 Å². The van der Waals surface area contributed by atoms with E-state index in [-0.39, 0.29) is 18.3 Å². The fourth-order valence-electron chi connectivity index (χ4n) is 3.12. The topological polar surface area (TPSA) is 45.5 Å². The van der Waals surface area contributed by atoms with Crippen LogP contribution in [0.4, 0.5) is 0 Å². The third-order valence-corrected chi connectivity index (χ3v) is 4.92. The molecule has 2 saturated heterocycles. The van der Waals surface area contributed by atoms with E-state index >= 15 is 0 Å². The quantitative estimate of drug-likeness (QED) is 0.852. The largest absolute Gasteiger partial charge is 0.445 e. The van der Waals surface area contributed by atoms with Gasteiger partial charge in [-0.25, -0.2) is 0 Å². The lowest BCUT2D eigenvalue weighted by atomic mass is 9.92. The van der Waals surface area contributed by atoms with Crippen LogP contribution in [-0.2, 0) is 0 Å². The summed E-state index contributed by atoms with van der Waals surface area (Å²) in [5, 5.41) is 4.26. The maximum absolute atomic E-state index is 12.4. The van der Waals surface area contributed by atoms with Crippen molar-refractivity contribution in [3.63, 3.8) is 0 Å². The van der Waals surface area contributed by atoms with Gasteiger partial charge in [-0.2, -0.15) is 0 Å². The van der Waals surface area contributed by atoms with Crippen LogP contribution in [0.5, 0.6) is 0 Å². The zero-order valence-corrected chi connectivity index (χ0v) is 13.3. The van der Waals surface area contributed by atoms with E-state index in [4.69, 9.17) is 4.42 Å². The number of nitrogens with one attached hydrogen (secondary N) is 1. The number of furan rings is 1. The number of thioether (sulfide) groups is 1. The van der Waals surface area contributed by atoms with Gasteiger partial charge in [0.2, 0.25) is 0 Å². The Morgan fingerprint density at radius 3 is 2.50 bits per heavy atom. The molecule has 3 rings (SSSR count). The number of halogens is 1. The van der Waals surface area contributed by atoms with Crippen molar-refractivity contribution in [3.05, 3.63) is 17.9 Å². The molecule has 0 aliphatic carbocycles. The van der Waals surface area contributed by atoms with E-state index in [9.17, 15) is 4.79 Å². The zero-order chi connectivity index (χ0) is 13.2. The van der Waals surface area contributed by atoms with Gasteiger partial charge in [0.15, 0.2) is 10.9 Å². The summed E-state index contributed by atoms with van der Waals surface area (Å²) in [5.41, 5.74) is 0. The van der Waals surface area contributed by atoms with Crippen LogP contribution in [0, 0.1) is 11.8 Å². The highest BCUT2D eigenvalue weighted by Gasteiger charge is 2.32. The van der Waals surface area contributed by atoms with Crippen LogP contribution in [0.3, 0.4) is 0 Å². The number of hydrogen-bond acceptors (Lipinski definition) is 4. The molecule has 0 spiro atoms. The lowest BCUT2D eigenvalue weighted by Crippen LogP contribution is -2.32. The van der Waals surface area contributed by atoms with Crippen molar-refractivity contribution < 1.29 is 9.21 Å². The van der Waals surface area contributed by atoms with E-state index in [0.29, 0.717) is 5.76 Å². The van der Waals surface area contributed by atoms with Crippen LogP contribution >= 0.6 is 24.2 Å². The Balaban J connectivity index is 0.00000147. The predicted molar refractivity (Wildman–Crippen MR) is 82.7 cm³/mol. The number of carbonyl (C=O) groups is 1. The fourth-order valence-corrected chi connectivity index (χ4v) is 3.50. The minimum Gasteiger partial charge on any atom is -0.445 e. The summed E-state index contributed by atoms with van der Waals surface area (Å²) in [6.07, 6.45) is 4.17. The summed E-state index contributed by atoms with van der Waals surface area (Å²) in [7, 11) is 0. The van der Waals surface area contributed by atoms with Crippen LogP contribution in [-0.4, -0.2) is 43.2 Å². The van der Waals surface area contributed by atoms with Crippen LogP contribution in [0.25, 0.3) is 0 Å². The van der Waals surface area contributed by atoms with Crippen molar-refractivity contribution in [1.82, 2.24) is 10.2 Å². The van der Waals surface area contributed by atoms with E-state index in [2.05, 4.69) is 5.32 Å². The second-order valence-corrected chi connectivity index (χ2v) is 6.18. The number of hydrogen-bond donors (Lipinski definition) is 1. The average molecular weight is 317 g/mol. The first kappa shape index (κ1) is 15.7. The third-order valence-electron chi connectivity index (χ3n) is 4.30. The molecule has 20 heavy (non-hydrogen) atoms. The number of likely N-dealkylation sites (tertiary alicyclic amines) is 1. The van der Waals surface area contributed by atoms with Crippen molar-refractivity contribution in [2.75, 3.05) is 32.4 Å². The molecule has 2 atom stereocenters. The molecular formula is C14H21ClN2O2S. The minimum absolute atomic E-state index is 0. The van der Waals surface area contributed by atoms with E-state index in [1.165, 1.54) is 11.8 Å². The highest BCUT2D eigenvalue weighted by Crippen LogP contribution is 2.28. The van der Waals surface area contributed by atoms with Gasteiger partial charge in [-0.05, 0) is 56.2 Å². The van der Waals surface area contributed by atoms with Crippen molar-refractivity contribution >= 4 is 30.1 Å². The first-order valence-corrected chi connectivity index (χ1v) is 8.14. The van der Waals surface area contributed by atoms with Gasteiger partial charge in [0, 0.05) is 13.1 Å². The summed E-state index contributed by atoms with van der Waals surface area (Å²) in [4.78, 5) is 14.4. The monoisotopic (exact) mass is 316 g/mol. The third kappa shape index (κ3) is 3.15. The molecule has 4 nitrogen and oxygen atoms in total. The van der Waals surface area contributed by atoms with Gasteiger partial charge >= 0.3 is 0 Å². The van der Waals surface area contributed by atoms with Crippen LogP contribution in [0.15, 0.2) is 21.6 Å². The van der Waals surface area contributed by atoms with Gasteiger partial charge in [0.25, 0.3) is 5.91 Å². The molecule has 1 amide bonds. The molecule has 0 saturated carbocycles. The Bertz CT molecular complexity index is 452. The lowest BCUT2D eigenvalue weighted by Gasteiger charge is -2.19. The van der Waals surface area contributed by atoms with Gasteiger partial charge in [0.1, 0.15) is 0 Å². The average Bonchev–Trinajstić information content (AvgIpc) is 3.04. The second-order valence-electron chi connectivity index (χ2n) is 5.37. The summed E-state index contributed by atoms with van der Waals surface area (Å²) in [5.74, 6) is 2.02. The fraction of sp³-hybridized carbons (Fsp3) is 0.643. The van der Waals surface area contributed by atoms with Gasteiger partial charge in [-0.3, -0.25) is 4.79 Å². The molecule has 0 aromatic carbocycles. The Kier molecular flexibility index (Phi) is 5.41. The number of fused-ring (bicyclic) bond motifs is 1. The molecule has 2 aliphatic rings. The van der Waals surface area contributed by atoms with Crippen LogP contribution in [0.2, 0.25) is 0 Å². The summed E-state index contributed by atoms with van der Waals surface area (Å²) >= 11 is 1.53. The summed E-state index contributed by atoms with van der Waals surface area (Å²) in [6, 6.07) is 3.66. The molecule has 3 heterocycles. The van der Waals surface area contributed by atoms with Crippen molar-refractivity contribution in [1.29, 1.82) is 0 Å². The molecule has 2 fully saturated rings. The molecule has 1 N–H and O–H groups in total. The maximum atomic E-state index is 12.4. The van der Waals surface area contributed by atoms with E-state index in [1.54, 1.807) is 6.07 Å². The van der Waals surface area contributed by atoms with E-state index in [1.807, 2.05) is 17.2 Å². The highest BCUT2D eigenvalue weighted by molar-refractivity contribution is 7.98. The van der Waals surface area contributed by atoms with Crippen molar-refractivity contribution in [2.45, 2.75) is 17.9 Å². The molecule has 0 unspecified atom stereocenters. The smallest absolute Gasteiger partial charge is 0.289 e. The molecule has 0 bridgehead atoms. The van der Waals surface area contributed by atoms with E-state index in [0.717, 1.165) is 55.9 Å². The molecule has 6 heteroatoms. The lowest BCUT2D eigenvalue weighted by molar-refractivity contribution is 0.0721. The normalized spacial score (nSPS) is 25.8. The van der Waals surface area contributed by atoms with Gasteiger partial charge in [-0.1, -0.05) is 11.8 Å². The molecule has 112 valence electrons. The zero-order valence-electron chi connectivity index (χ0n) is 11.6. The SMILES string of the molecule is CSc1ccc(C(=O)N2CC[C@@H]3CNC[C@@H]3CC2)o1.Cl. The minimum atomic E-state index is 0. The molecular weight excluding hydrogens is 296 g/mol. The first-order chi connectivity index (χ1) is 9.28. The Labute approximate surface area is 130 Å². The molecule has 1 aromatic rings. The van der Waals surface area contributed by atoms with Crippen LogP contribution in [0.1, 0.15) is 23.4 Å². The Hall–Kier alpha value is -0.650. The summed E-state index contributed by atoms with van der Waals surface area (Å²) in [6.45, 7) is 3.95. The van der Waals surface area contributed by atoms with Crippen molar-refractivity contribution in [2.24, 2.45) is 11.8 Å². The maximum Gasteiger partial charge on any atom is 0.289 e. The summed E-state index contributed by atoms with van der Waals surface area (Å²) < 4.78 is 5.54. The standard InChI is InChI=1S/C14H20N2O2S.ClH/c1-19-13-3-2-12(18-13)14(17)16-6-4-10-8-15-9-11(10)5-7-16;/h2-3,10-11,15H,4-9H2,1H3;1H/t10-,11+;. The Morgan fingerprint density at radius 2 is 1.95 bits per heavy atom. The number of nitrogens with zero attached hydrogens (tertiary/aromatic N) is 1. The van der Waals surface area contributed by atoms with Crippen LogP contribution < -0.4 is 5.32 Å². The second kappa shape index (κ2) is 6.87. The predicted octanol–water partition coefficient (Wildman–Crippen LogP) is 2.49. The highest BCUT2D eigenvalue weighted by atomic mass is 35.5. The van der Waals surface area contributed by atoms with E-state index < -0.39 is 0 Å². The van der Waals surface area contributed by atoms with Crippen molar-refractivity contribution in [3.8, 4) is 0 Å². The molecule has 2 aliphatic heterocycles. The molecule has 1 aromatic heterocycles.